The zero-order valence-corrected chi connectivity index (χ0v) is 15.8. The number of aliphatic imine (C=N–C) groups is 1. The highest BCUT2D eigenvalue weighted by molar-refractivity contribution is 14.0. The van der Waals surface area contributed by atoms with Gasteiger partial charge in [-0.25, -0.2) is 0 Å². The molecule has 0 radical (unpaired) electrons. The number of likely N-dealkylation sites (tertiary alicyclic amines) is 1. The Morgan fingerprint density at radius 3 is 2.52 bits per heavy atom. The lowest BCUT2D eigenvalue weighted by molar-refractivity contribution is 0.191. The Kier molecular flexibility index (Phi) is 9.31. The fourth-order valence-electron chi connectivity index (χ4n) is 2.92. The number of guanidine groups is 1. The third kappa shape index (κ3) is 7.00. The standard InChI is InChI=1S/C16H30N4.HI/c1-14-8-12-20(13-9-14)11-5-10-18-16(17-2)19-15-6-3-4-7-15;/h3-4,14-15H,5-13H2,1-2H3,(H2,17,18,19);1H. The van der Waals surface area contributed by atoms with E-state index in [1.54, 1.807) is 0 Å². The quantitative estimate of drug-likeness (QED) is 0.243. The van der Waals surface area contributed by atoms with Gasteiger partial charge in [0.1, 0.15) is 0 Å². The largest absolute Gasteiger partial charge is 0.356 e. The summed E-state index contributed by atoms with van der Waals surface area (Å²) < 4.78 is 0. The highest BCUT2D eigenvalue weighted by Crippen LogP contribution is 2.15. The molecule has 21 heavy (non-hydrogen) atoms. The SMILES string of the molecule is CN=C(NCCCN1CCC(C)CC1)NC1CC=CC1.I. The molecule has 2 aliphatic rings. The van der Waals surface area contributed by atoms with Crippen LogP contribution in [0.25, 0.3) is 0 Å². The number of nitrogens with zero attached hydrogens (tertiary/aromatic N) is 2. The van der Waals surface area contributed by atoms with Gasteiger partial charge in [-0.15, -0.1) is 24.0 Å². The topological polar surface area (TPSA) is 39.7 Å². The fraction of sp³-hybridized carbons (Fsp3) is 0.812. The maximum absolute atomic E-state index is 4.30. The van der Waals surface area contributed by atoms with Gasteiger partial charge in [0, 0.05) is 19.6 Å². The summed E-state index contributed by atoms with van der Waals surface area (Å²) >= 11 is 0. The van der Waals surface area contributed by atoms with Crippen LogP contribution in [-0.2, 0) is 0 Å². The van der Waals surface area contributed by atoms with Crippen molar-refractivity contribution >= 4 is 29.9 Å². The summed E-state index contributed by atoms with van der Waals surface area (Å²) in [4.78, 5) is 6.89. The van der Waals surface area contributed by atoms with Crippen molar-refractivity contribution < 1.29 is 0 Å². The first-order valence-electron chi connectivity index (χ1n) is 8.12. The highest BCUT2D eigenvalue weighted by atomic mass is 127. The smallest absolute Gasteiger partial charge is 0.191 e. The van der Waals surface area contributed by atoms with Crippen molar-refractivity contribution in [2.24, 2.45) is 10.9 Å². The molecule has 0 spiro atoms. The second kappa shape index (κ2) is 10.4. The van der Waals surface area contributed by atoms with Crippen LogP contribution in [0, 0.1) is 5.92 Å². The Morgan fingerprint density at radius 2 is 1.90 bits per heavy atom. The van der Waals surface area contributed by atoms with Crippen LogP contribution in [0.15, 0.2) is 17.1 Å². The molecule has 0 aromatic carbocycles. The summed E-state index contributed by atoms with van der Waals surface area (Å²) in [5, 5.41) is 6.90. The van der Waals surface area contributed by atoms with E-state index >= 15 is 0 Å². The van der Waals surface area contributed by atoms with Gasteiger partial charge >= 0.3 is 0 Å². The lowest BCUT2D eigenvalue weighted by atomic mass is 9.99. The second-order valence-electron chi connectivity index (χ2n) is 6.16. The minimum Gasteiger partial charge on any atom is -0.356 e. The van der Waals surface area contributed by atoms with E-state index in [4.69, 9.17) is 0 Å². The number of halogens is 1. The Hall–Kier alpha value is -0.300. The normalized spacial score (nSPS) is 21.3. The number of piperidine rings is 1. The first kappa shape index (κ1) is 18.7. The number of nitrogens with one attached hydrogen (secondary N) is 2. The first-order chi connectivity index (χ1) is 9.78. The average molecular weight is 406 g/mol. The summed E-state index contributed by atoms with van der Waals surface area (Å²) in [5.41, 5.74) is 0. The van der Waals surface area contributed by atoms with E-state index in [0.29, 0.717) is 6.04 Å². The third-order valence-corrected chi connectivity index (χ3v) is 4.39. The van der Waals surface area contributed by atoms with Crippen molar-refractivity contribution in [3.8, 4) is 0 Å². The number of hydrogen-bond donors (Lipinski definition) is 2. The molecule has 4 nitrogen and oxygen atoms in total. The third-order valence-electron chi connectivity index (χ3n) is 4.39. The van der Waals surface area contributed by atoms with Crippen molar-refractivity contribution in [2.75, 3.05) is 33.2 Å². The van der Waals surface area contributed by atoms with Crippen LogP contribution in [0.4, 0.5) is 0 Å². The van der Waals surface area contributed by atoms with E-state index in [0.717, 1.165) is 31.3 Å². The number of hydrogen-bond acceptors (Lipinski definition) is 2. The Morgan fingerprint density at radius 1 is 1.24 bits per heavy atom. The van der Waals surface area contributed by atoms with Crippen LogP contribution in [0.3, 0.4) is 0 Å². The van der Waals surface area contributed by atoms with Crippen LogP contribution < -0.4 is 10.6 Å². The van der Waals surface area contributed by atoms with Gasteiger partial charge in [0.05, 0.1) is 0 Å². The van der Waals surface area contributed by atoms with Crippen LogP contribution >= 0.6 is 24.0 Å². The van der Waals surface area contributed by atoms with Crippen molar-refractivity contribution in [2.45, 2.75) is 45.1 Å². The maximum atomic E-state index is 4.30. The van der Waals surface area contributed by atoms with Crippen molar-refractivity contribution in [1.82, 2.24) is 15.5 Å². The van der Waals surface area contributed by atoms with Crippen LogP contribution in [0.1, 0.15) is 39.0 Å². The van der Waals surface area contributed by atoms with Gasteiger partial charge in [0.2, 0.25) is 0 Å². The van der Waals surface area contributed by atoms with Crippen molar-refractivity contribution in [1.29, 1.82) is 0 Å². The van der Waals surface area contributed by atoms with E-state index in [1.807, 2.05) is 7.05 Å². The van der Waals surface area contributed by atoms with Gasteiger partial charge < -0.3 is 15.5 Å². The summed E-state index contributed by atoms with van der Waals surface area (Å²) in [7, 11) is 1.85. The molecule has 1 saturated heterocycles. The van der Waals surface area contributed by atoms with Gasteiger partial charge in [-0.2, -0.15) is 0 Å². The summed E-state index contributed by atoms with van der Waals surface area (Å²) in [6, 6.07) is 0.532. The Bertz CT molecular complexity index is 327. The molecule has 122 valence electrons. The predicted molar refractivity (Wildman–Crippen MR) is 102 cm³/mol. The molecule has 1 heterocycles. The molecule has 0 aromatic rings. The van der Waals surface area contributed by atoms with E-state index in [9.17, 15) is 0 Å². The Balaban J connectivity index is 0.00000220. The highest BCUT2D eigenvalue weighted by Gasteiger charge is 2.15. The molecule has 0 bridgehead atoms. The van der Waals surface area contributed by atoms with Crippen molar-refractivity contribution in [3.05, 3.63) is 12.2 Å². The average Bonchev–Trinajstić information content (AvgIpc) is 2.97. The molecule has 0 amide bonds. The minimum atomic E-state index is 0. The van der Waals surface area contributed by atoms with E-state index < -0.39 is 0 Å². The lowest BCUT2D eigenvalue weighted by Crippen LogP contribution is -2.43. The lowest BCUT2D eigenvalue weighted by Gasteiger charge is -2.30. The molecule has 5 heteroatoms. The minimum absolute atomic E-state index is 0. The van der Waals surface area contributed by atoms with E-state index in [1.165, 1.54) is 38.9 Å². The molecule has 0 aromatic heterocycles. The molecule has 0 saturated carbocycles. The fourth-order valence-corrected chi connectivity index (χ4v) is 2.92. The van der Waals surface area contributed by atoms with Gasteiger partial charge in [-0.05, 0) is 57.7 Å². The molecule has 2 N–H and O–H groups in total. The zero-order chi connectivity index (χ0) is 14.2. The van der Waals surface area contributed by atoms with Gasteiger partial charge in [0.15, 0.2) is 5.96 Å². The van der Waals surface area contributed by atoms with Crippen LogP contribution in [0.5, 0.6) is 0 Å². The molecule has 1 aliphatic carbocycles. The Labute approximate surface area is 146 Å². The van der Waals surface area contributed by atoms with Crippen LogP contribution in [0.2, 0.25) is 0 Å². The molecule has 1 aliphatic heterocycles. The molecule has 0 atom stereocenters. The summed E-state index contributed by atoms with van der Waals surface area (Å²) in [5.74, 6) is 1.87. The molecule has 2 rings (SSSR count). The molecule has 0 unspecified atom stereocenters. The molecular weight excluding hydrogens is 375 g/mol. The summed E-state index contributed by atoms with van der Waals surface area (Å²) in [6.07, 6.45) is 10.6. The maximum Gasteiger partial charge on any atom is 0.191 e. The van der Waals surface area contributed by atoms with Crippen molar-refractivity contribution in [3.63, 3.8) is 0 Å². The second-order valence-corrected chi connectivity index (χ2v) is 6.16. The van der Waals surface area contributed by atoms with Crippen LogP contribution in [-0.4, -0.2) is 50.1 Å². The molecule has 1 fully saturated rings. The van der Waals surface area contributed by atoms with E-state index in [-0.39, 0.29) is 24.0 Å². The zero-order valence-electron chi connectivity index (χ0n) is 13.5. The number of rotatable bonds is 5. The van der Waals surface area contributed by atoms with E-state index in [2.05, 4.69) is 39.6 Å². The van der Waals surface area contributed by atoms with Gasteiger partial charge in [0.25, 0.3) is 0 Å². The molecular formula is C16H31IN4. The van der Waals surface area contributed by atoms with Gasteiger partial charge in [-0.3, -0.25) is 4.99 Å². The first-order valence-corrected chi connectivity index (χ1v) is 8.12. The van der Waals surface area contributed by atoms with Gasteiger partial charge in [-0.1, -0.05) is 19.1 Å². The monoisotopic (exact) mass is 406 g/mol. The predicted octanol–water partition coefficient (Wildman–Crippen LogP) is 2.61. The summed E-state index contributed by atoms with van der Waals surface area (Å²) in [6.45, 7) is 7.14.